The molecule has 1 aliphatic rings. The van der Waals surface area contributed by atoms with Crippen molar-refractivity contribution in [1.82, 2.24) is 0 Å². The van der Waals surface area contributed by atoms with E-state index in [1.807, 2.05) is 0 Å². The molecule has 154 valence electrons. The van der Waals surface area contributed by atoms with Gasteiger partial charge < -0.3 is 33.7 Å². The quantitative estimate of drug-likeness (QED) is 0.704. The Morgan fingerprint density at radius 3 is 2.38 bits per heavy atom. The highest BCUT2D eigenvalue weighted by Gasteiger charge is 2.25. The maximum atomic E-state index is 12.6. The van der Waals surface area contributed by atoms with E-state index in [1.54, 1.807) is 24.3 Å². The van der Waals surface area contributed by atoms with Gasteiger partial charge in [0.15, 0.2) is 29.1 Å². The molecule has 9 nitrogen and oxygen atoms in total. The van der Waals surface area contributed by atoms with Crippen molar-refractivity contribution in [2.45, 2.75) is 13.0 Å². The highest BCUT2D eigenvalue weighted by Crippen LogP contribution is 2.40. The Hall–Kier alpha value is -3.62. The van der Waals surface area contributed by atoms with Gasteiger partial charge >= 0.3 is 5.97 Å². The van der Waals surface area contributed by atoms with E-state index in [2.05, 4.69) is 5.32 Å². The second kappa shape index (κ2) is 8.59. The maximum absolute atomic E-state index is 12.6. The van der Waals surface area contributed by atoms with Crippen LogP contribution in [0.2, 0.25) is 0 Å². The summed E-state index contributed by atoms with van der Waals surface area (Å²) in [7, 11) is 4.29. The van der Waals surface area contributed by atoms with Crippen LogP contribution in [-0.2, 0) is 9.53 Å². The number of carbonyl (C=O) groups is 2. The van der Waals surface area contributed by atoms with E-state index in [-0.39, 0.29) is 23.9 Å². The zero-order valence-corrected chi connectivity index (χ0v) is 16.4. The highest BCUT2D eigenvalue weighted by atomic mass is 16.7. The molecule has 0 fully saturated rings. The number of amides is 1. The molecule has 29 heavy (non-hydrogen) atoms. The molecular weight excluding hydrogens is 382 g/mol. The summed E-state index contributed by atoms with van der Waals surface area (Å²) in [6.07, 6.45) is -1.06. The fourth-order valence-corrected chi connectivity index (χ4v) is 2.76. The normalized spacial score (nSPS) is 12.7. The zero-order chi connectivity index (χ0) is 21.0. The standard InChI is InChI=1S/C20H21NO8/c1-11(19(22)21-12-5-7-14-16(9-12)28-10-27-14)29-20(23)13-6-8-15(24-2)18(26-4)17(13)25-3/h5-9,11H,10H2,1-4H3,(H,21,22)/t11-/m0/s1. The Kier molecular flexibility index (Phi) is 5.96. The van der Waals surface area contributed by atoms with E-state index < -0.39 is 18.0 Å². The van der Waals surface area contributed by atoms with Crippen molar-refractivity contribution in [3.63, 3.8) is 0 Å². The van der Waals surface area contributed by atoms with Crippen LogP contribution in [0.1, 0.15) is 17.3 Å². The molecule has 1 aliphatic heterocycles. The van der Waals surface area contributed by atoms with Crippen LogP contribution in [-0.4, -0.2) is 46.1 Å². The number of fused-ring (bicyclic) bond motifs is 1. The van der Waals surface area contributed by atoms with Crippen LogP contribution in [0.25, 0.3) is 0 Å². The molecular formula is C20H21NO8. The highest BCUT2D eigenvalue weighted by molar-refractivity contribution is 5.99. The van der Waals surface area contributed by atoms with Gasteiger partial charge in [-0.25, -0.2) is 4.79 Å². The largest absolute Gasteiger partial charge is 0.493 e. The SMILES string of the molecule is COc1ccc(C(=O)O[C@@H](C)C(=O)Nc2ccc3c(c2)OCO3)c(OC)c1OC. The molecule has 0 bridgehead atoms. The molecule has 0 aromatic heterocycles. The molecule has 0 aliphatic carbocycles. The zero-order valence-electron chi connectivity index (χ0n) is 16.4. The predicted molar refractivity (Wildman–Crippen MR) is 102 cm³/mol. The van der Waals surface area contributed by atoms with Gasteiger partial charge in [-0.3, -0.25) is 4.79 Å². The van der Waals surface area contributed by atoms with Gasteiger partial charge in [0.25, 0.3) is 5.91 Å². The lowest BCUT2D eigenvalue weighted by Gasteiger charge is -2.17. The molecule has 1 N–H and O–H groups in total. The van der Waals surface area contributed by atoms with Gasteiger partial charge in [0, 0.05) is 11.8 Å². The molecule has 0 unspecified atom stereocenters. The summed E-state index contributed by atoms with van der Waals surface area (Å²) in [6.45, 7) is 1.60. The third-order valence-corrected chi connectivity index (χ3v) is 4.22. The molecule has 0 radical (unpaired) electrons. The molecule has 2 aromatic carbocycles. The van der Waals surface area contributed by atoms with E-state index in [9.17, 15) is 9.59 Å². The summed E-state index contributed by atoms with van der Waals surface area (Å²) in [5.41, 5.74) is 0.596. The Bertz CT molecular complexity index is 927. The Morgan fingerprint density at radius 1 is 0.966 bits per heavy atom. The summed E-state index contributed by atoms with van der Waals surface area (Å²) >= 11 is 0. The molecule has 0 saturated heterocycles. The van der Waals surface area contributed by atoms with Crippen molar-refractivity contribution in [1.29, 1.82) is 0 Å². The molecule has 0 spiro atoms. The van der Waals surface area contributed by atoms with Gasteiger partial charge in [-0.05, 0) is 31.2 Å². The minimum absolute atomic E-state index is 0.105. The van der Waals surface area contributed by atoms with Crippen molar-refractivity contribution in [3.8, 4) is 28.7 Å². The minimum atomic E-state index is -1.06. The van der Waals surface area contributed by atoms with Crippen molar-refractivity contribution in [3.05, 3.63) is 35.9 Å². The van der Waals surface area contributed by atoms with E-state index in [0.717, 1.165) is 0 Å². The number of benzene rings is 2. The first-order valence-corrected chi connectivity index (χ1v) is 8.69. The van der Waals surface area contributed by atoms with Crippen LogP contribution in [0.5, 0.6) is 28.7 Å². The average Bonchev–Trinajstić information content (AvgIpc) is 3.20. The number of hydrogen-bond acceptors (Lipinski definition) is 8. The van der Waals surface area contributed by atoms with Gasteiger partial charge in [0.1, 0.15) is 5.56 Å². The van der Waals surface area contributed by atoms with Crippen molar-refractivity contribution >= 4 is 17.6 Å². The van der Waals surface area contributed by atoms with Crippen molar-refractivity contribution < 1.29 is 38.0 Å². The molecule has 9 heteroatoms. The number of carbonyl (C=O) groups excluding carboxylic acids is 2. The lowest BCUT2D eigenvalue weighted by molar-refractivity contribution is -0.123. The summed E-state index contributed by atoms with van der Waals surface area (Å²) in [4.78, 5) is 25.0. The molecule has 2 aromatic rings. The van der Waals surface area contributed by atoms with E-state index in [0.29, 0.717) is 22.9 Å². The van der Waals surface area contributed by atoms with Crippen LogP contribution in [0, 0.1) is 0 Å². The van der Waals surface area contributed by atoms with Gasteiger partial charge in [-0.2, -0.15) is 0 Å². The maximum Gasteiger partial charge on any atom is 0.342 e. The topological polar surface area (TPSA) is 102 Å². The monoisotopic (exact) mass is 403 g/mol. The van der Waals surface area contributed by atoms with Gasteiger partial charge in [-0.1, -0.05) is 0 Å². The second-order valence-electron chi connectivity index (χ2n) is 5.99. The molecule has 1 atom stereocenters. The smallest absolute Gasteiger partial charge is 0.342 e. The van der Waals surface area contributed by atoms with Crippen molar-refractivity contribution in [2.24, 2.45) is 0 Å². The first-order valence-electron chi connectivity index (χ1n) is 8.69. The molecule has 0 saturated carbocycles. The average molecular weight is 403 g/mol. The van der Waals surface area contributed by atoms with Crippen LogP contribution in [0.15, 0.2) is 30.3 Å². The predicted octanol–water partition coefficient (Wildman–Crippen LogP) is 2.63. The number of ether oxygens (including phenoxy) is 6. The Balaban J connectivity index is 1.71. The van der Waals surface area contributed by atoms with E-state index in [4.69, 9.17) is 28.4 Å². The Morgan fingerprint density at radius 2 is 1.69 bits per heavy atom. The number of hydrogen-bond donors (Lipinski definition) is 1. The summed E-state index contributed by atoms with van der Waals surface area (Å²) in [6, 6.07) is 8.01. The fourth-order valence-electron chi connectivity index (χ4n) is 2.76. The van der Waals surface area contributed by atoms with E-state index in [1.165, 1.54) is 34.3 Å². The summed E-state index contributed by atoms with van der Waals surface area (Å²) in [5, 5.41) is 2.67. The Labute approximate surface area is 167 Å². The third kappa shape index (κ3) is 4.13. The minimum Gasteiger partial charge on any atom is -0.493 e. The number of rotatable bonds is 7. The fraction of sp³-hybridized carbons (Fsp3) is 0.300. The number of methoxy groups -OCH3 is 3. The second-order valence-corrected chi connectivity index (χ2v) is 5.99. The lowest BCUT2D eigenvalue weighted by atomic mass is 10.1. The lowest BCUT2D eigenvalue weighted by Crippen LogP contribution is -2.30. The van der Waals surface area contributed by atoms with Crippen LogP contribution in [0.3, 0.4) is 0 Å². The van der Waals surface area contributed by atoms with Gasteiger partial charge in [0.2, 0.25) is 12.5 Å². The number of anilines is 1. The van der Waals surface area contributed by atoms with Crippen LogP contribution < -0.4 is 29.0 Å². The van der Waals surface area contributed by atoms with Gasteiger partial charge in [0.05, 0.1) is 21.3 Å². The number of nitrogens with one attached hydrogen (secondary N) is 1. The third-order valence-electron chi connectivity index (χ3n) is 4.22. The van der Waals surface area contributed by atoms with Crippen molar-refractivity contribution in [2.75, 3.05) is 33.4 Å². The summed E-state index contributed by atoms with van der Waals surface area (Å²) < 4.78 is 31.5. The number of esters is 1. The van der Waals surface area contributed by atoms with Crippen LogP contribution in [0.4, 0.5) is 5.69 Å². The molecule has 1 heterocycles. The summed E-state index contributed by atoms with van der Waals surface area (Å²) in [5.74, 6) is 0.690. The van der Waals surface area contributed by atoms with Gasteiger partial charge in [-0.15, -0.1) is 0 Å². The molecule has 1 amide bonds. The van der Waals surface area contributed by atoms with Crippen LogP contribution >= 0.6 is 0 Å². The first kappa shape index (κ1) is 20.1. The molecule has 3 rings (SSSR count). The first-order chi connectivity index (χ1) is 14.0. The van der Waals surface area contributed by atoms with E-state index >= 15 is 0 Å².